The number of aliphatic hydroxyl groups excluding tert-OH is 1. The van der Waals surface area contributed by atoms with Crippen LogP contribution in [0.1, 0.15) is 18.2 Å². The standard InChI is InChI=1S/C15H16BrN5O/c1-20-14(4-6-18-20)11-8-19-21(10-11)15(5-7-22)13-3-2-12(16)9-17-13/h2-4,6,8-10,15,22H,5,7H2,1H3. The average molecular weight is 362 g/mol. The van der Waals surface area contributed by atoms with Crippen LogP contribution in [0.15, 0.2) is 47.5 Å². The maximum absolute atomic E-state index is 9.36. The van der Waals surface area contributed by atoms with E-state index in [9.17, 15) is 5.11 Å². The van der Waals surface area contributed by atoms with Crippen LogP contribution in [0.3, 0.4) is 0 Å². The SMILES string of the molecule is Cn1nccc1-c1cnn(C(CCO)c2ccc(Br)cn2)c1. The molecular weight excluding hydrogens is 346 g/mol. The minimum absolute atomic E-state index is 0.0727. The number of rotatable bonds is 5. The molecule has 3 rings (SSSR count). The third kappa shape index (κ3) is 2.95. The van der Waals surface area contributed by atoms with Gasteiger partial charge in [-0.2, -0.15) is 10.2 Å². The van der Waals surface area contributed by atoms with E-state index < -0.39 is 0 Å². The third-order valence-corrected chi connectivity index (χ3v) is 4.00. The molecule has 0 fully saturated rings. The summed E-state index contributed by atoms with van der Waals surface area (Å²) in [6, 6.07) is 5.73. The third-order valence-electron chi connectivity index (χ3n) is 3.53. The second-order valence-electron chi connectivity index (χ2n) is 4.98. The zero-order valence-electron chi connectivity index (χ0n) is 12.1. The largest absolute Gasteiger partial charge is 0.396 e. The van der Waals surface area contributed by atoms with Gasteiger partial charge in [0.2, 0.25) is 0 Å². The Balaban J connectivity index is 1.94. The molecule has 0 aliphatic carbocycles. The van der Waals surface area contributed by atoms with Crippen LogP contribution in [-0.4, -0.2) is 36.3 Å². The number of nitrogens with zero attached hydrogens (tertiary/aromatic N) is 5. The summed E-state index contributed by atoms with van der Waals surface area (Å²) < 4.78 is 4.57. The number of pyridine rings is 1. The first-order valence-corrected chi connectivity index (χ1v) is 7.73. The van der Waals surface area contributed by atoms with Gasteiger partial charge in [-0.15, -0.1) is 0 Å². The predicted octanol–water partition coefficient (Wildman–Crippen LogP) is 2.41. The molecule has 3 aromatic heterocycles. The van der Waals surface area contributed by atoms with Gasteiger partial charge in [0.25, 0.3) is 0 Å². The highest BCUT2D eigenvalue weighted by atomic mass is 79.9. The molecule has 114 valence electrons. The van der Waals surface area contributed by atoms with Crippen LogP contribution < -0.4 is 0 Å². The first-order chi connectivity index (χ1) is 10.7. The van der Waals surface area contributed by atoms with Crippen molar-refractivity contribution in [1.82, 2.24) is 24.5 Å². The molecule has 0 aliphatic heterocycles. The summed E-state index contributed by atoms with van der Waals surface area (Å²) in [7, 11) is 1.90. The molecule has 0 amide bonds. The molecule has 0 saturated carbocycles. The fourth-order valence-electron chi connectivity index (χ4n) is 2.42. The topological polar surface area (TPSA) is 68.8 Å². The Bertz CT molecular complexity index is 749. The normalized spacial score (nSPS) is 12.5. The summed E-state index contributed by atoms with van der Waals surface area (Å²) >= 11 is 3.38. The van der Waals surface area contributed by atoms with Gasteiger partial charge >= 0.3 is 0 Å². The fraction of sp³-hybridized carbons (Fsp3) is 0.267. The van der Waals surface area contributed by atoms with Crippen LogP contribution in [0.4, 0.5) is 0 Å². The summed E-state index contributed by atoms with van der Waals surface area (Å²) in [4.78, 5) is 4.43. The Labute approximate surface area is 136 Å². The predicted molar refractivity (Wildman–Crippen MR) is 86.2 cm³/mol. The molecule has 1 N–H and O–H groups in total. The van der Waals surface area contributed by atoms with E-state index >= 15 is 0 Å². The van der Waals surface area contributed by atoms with Crippen molar-refractivity contribution in [3.63, 3.8) is 0 Å². The van der Waals surface area contributed by atoms with Gasteiger partial charge in [0.1, 0.15) is 0 Å². The molecule has 0 radical (unpaired) electrons. The summed E-state index contributed by atoms with van der Waals surface area (Å²) in [5.74, 6) is 0. The van der Waals surface area contributed by atoms with Crippen molar-refractivity contribution >= 4 is 15.9 Å². The number of hydrogen-bond donors (Lipinski definition) is 1. The van der Waals surface area contributed by atoms with Crippen molar-refractivity contribution in [2.24, 2.45) is 7.05 Å². The number of halogens is 1. The van der Waals surface area contributed by atoms with E-state index in [0.29, 0.717) is 6.42 Å². The number of hydrogen-bond acceptors (Lipinski definition) is 4. The van der Waals surface area contributed by atoms with Crippen LogP contribution in [0.2, 0.25) is 0 Å². The first kappa shape index (κ1) is 14.9. The van der Waals surface area contributed by atoms with Gasteiger partial charge in [-0.1, -0.05) is 0 Å². The number of aryl methyl sites for hydroxylation is 1. The molecule has 3 aromatic rings. The molecule has 0 aromatic carbocycles. The van der Waals surface area contributed by atoms with E-state index in [-0.39, 0.29) is 12.6 Å². The van der Waals surface area contributed by atoms with Crippen molar-refractivity contribution in [2.75, 3.05) is 6.61 Å². The highest BCUT2D eigenvalue weighted by Gasteiger charge is 2.17. The van der Waals surface area contributed by atoms with E-state index in [1.54, 1.807) is 23.3 Å². The molecule has 0 bridgehead atoms. The summed E-state index contributed by atoms with van der Waals surface area (Å²) in [6.07, 6.45) is 7.84. The maximum atomic E-state index is 9.36. The van der Waals surface area contributed by atoms with E-state index in [1.807, 2.05) is 36.1 Å². The van der Waals surface area contributed by atoms with Gasteiger partial charge < -0.3 is 5.11 Å². The van der Waals surface area contributed by atoms with Crippen molar-refractivity contribution in [3.05, 3.63) is 53.2 Å². The molecule has 0 aliphatic rings. The molecule has 22 heavy (non-hydrogen) atoms. The Morgan fingerprint density at radius 1 is 1.23 bits per heavy atom. The summed E-state index contributed by atoms with van der Waals surface area (Å²) in [5, 5.41) is 18.0. The highest BCUT2D eigenvalue weighted by molar-refractivity contribution is 9.10. The molecule has 7 heteroatoms. The number of aliphatic hydroxyl groups is 1. The second kappa shape index (κ2) is 6.41. The van der Waals surface area contributed by atoms with Crippen molar-refractivity contribution in [2.45, 2.75) is 12.5 Å². The molecule has 0 spiro atoms. The summed E-state index contributed by atoms with van der Waals surface area (Å²) in [6.45, 7) is 0.0727. The lowest BCUT2D eigenvalue weighted by atomic mass is 10.1. The molecule has 0 saturated heterocycles. The molecule has 1 unspecified atom stereocenters. The zero-order valence-corrected chi connectivity index (χ0v) is 13.7. The van der Waals surface area contributed by atoms with Crippen LogP contribution >= 0.6 is 15.9 Å². The fourth-order valence-corrected chi connectivity index (χ4v) is 2.65. The lowest BCUT2D eigenvalue weighted by Crippen LogP contribution is -2.14. The monoisotopic (exact) mass is 361 g/mol. The molecule has 1 atom stereocenters. The Hall–Kier alpha value is -1.99. The average Bonchev–Trinajstić information content (AvgIpc) is 3.14. The quantitative estimate of drug-likeness (QED) is 0.757. The maximum Gasteiger partial charge on any atom is 0.0961 e. The van der Waals surface area contributed by atoms with Gasteiger partial charge in [0, 0.05) is 42.3 Å². The minimum atomic E-state index is -0.0972. The van der Waals surface area contributed by atoms with Crippen LogP contribution in [0, 0.1) is 0 Å². The van der Waals surface area contributed by atoms with Crippen LogP contribution in [0.5, 0.6) is 0 Å². The smallest absolute Gasteiger partial charge is 0.0961 e. The van der Waals surface area contributed by atoms with Gasteiger partial charge in [-0.3, -0.25) is 14.3 Å². The minimum Gasteiger partial charge on any atom is -0.396 e. The van der Waals surface area contributed by atoms with Gasteiger partial charge in [-0.25, -0.2) is 0 Å². The zero-order chi connectivity index (χ0) is 15.5. The van der Waals surface area contributed by atoms with Gasteiger partial charge in [0.15, 0.2) is 0 Å². The van der Waals surface area contributed by atoms with Crippen molar-refractivity contribution in [1.29, 1.82) is 0 Å². The van der Waals surface area contributed by atoms with Gasteiger partial charge in [0.05, 0.1) is 23.6 Å². The number of aromatic nitrogens is 5. The van der Waals surface area contributed by atoms with Crippen molar-refractivity contribution < 1.29 is 5.11 Å². The van der Waals surface area contributed by atoms with Gasteiger partial charge in [-0.05, 0) is 40.5 Å². The van der Waals surface area contributed by atoms with E-state index in [0.717, 1.165) is 21.4 Å². The summed E-state index contributed by atoms with van der Waals surface area (Å²) in [5.41, 5.74) is 2.86. The highest BCUT2D eigenvalue weighted by Crippen LogP contribution is 2.24. The van der Waals surface area contributed by atoms with E-state index in [2.05, 4.69) is 31.1 Å². The van der Waals surface area contributed by atoms with Crippen molar-refractivity contribution in [3.8, 4) is 11.3 Å². The van der Waals surface area contributed by atoms with Crippen LogP contribution in [-0.2, 0) is 7.05 Å². The second-order valence-corrected chi connectivity index (χ2v) is 5.89. The Morgan fingerprint density at radius 3 is 2.73 bits per heavy atom. The lowest BCUT2D eigenvalue weighted by Gasteiger charge is -2.16. The first-order valence-electron chi connectivity index (χ1n) is 6.94. The van der Waals surface area contributed by atoms with E-state index in [4.69, 9.17) is 0 Å². The lowest BCUT2D eigenvalue weighted by molar-refractivity contribution is 0.262. The molecule has 3 heterocycles. The molecule has 6 nitrogen and oxygen atoms in total. The van der Waals surface area contributed by atoms with Crippen LogP contribution in [0.25, 0.3) is 11.3 Å². The van der Waals surface area contributed by atoms with E-state index in [1.165, 1.54) is 0 Å². The Kier molecular flexibility index (Phi) is 4.35. The molecular formula is C15H16BrN5O. The Morgan fingerprint density at radius 2 is 2.09 bits per heavy atom.